The van der Waals surface area contributed by atoms with E-state index < -0.39 is 5.54 Å². The van der Waals surface area contributed by atoms with Crippen LogP contribution in [0.15, 0.2) is 22.7 Å². The maximum atomic E-state index is 12.1. The molecule has 0 heterocycles. The molecule has 0 saturated carbocycles. The molecule has 106 valence electrons. The molecule has 4 heteroatoms. The summed E-state index contributed by atoms with van der Waals surface area (Å²) in [6.45, 7) is 9.84. The molecule has 0 atom stereocenters. The third kappa shape index (κ3) is 4.32. The molecule has 0 bridgehead atoms. The maximum Gasteiger partial charge on any atom is 0.252 e. The number of nitrogens with one attached hydrogen (secondary N) is 1. The smallest absolute Gasteiger partial charge is 0.252 e. The molecule has 1 amide bonds. The molecule has 0 aliphatic carbocycles. The zero-order valence-corrected chi connectivity index (χ0v) is 13.8. The van der Waals surface area contributed by atoms with Gasteiger partial charge in [0.1, 0.15) is 0 Å². The lowest BCUT2D eigenvalue weighted by Gasteiger charge is -2.24. The van der Waals surface area contributed by atoms with Crippen LogP contribution in [0.1, 0.15) is 50.5 Å². The molecule has 19 heavy (non-hydrogen) atoms. The Labute approximate surface area is 123 Å². The van der Waals surface area contributed by atoms with Crippen molar-refractivity contribution in [2.75, 3.05) is 6.61 Å². The molecule has 0 spiro atoms. The highest BCUT2D eigenvalue weighted by Gasteiger charge is 2.22. The van der Waals surface area contributed by atoms with Crippen molar-refractivity contribution in [1.82, 2.24) is 5.32 Å². The minimum absolute atomic E-state index is 0.0435. The highest BCUT2D eigenvalue weighted by atomic mass is 79.9. The van der Waals surface area contributed by atoms with Crippen molar-refractivity contribution in [3.63, 3.8) is 0 Å². The number of carbonyl (C=O) groups is 1. The zero-order valence-electron chi connectivity index (χ0n) is 12.2. The van der Waals surface area contributed by atoms with Crippen molar-refractivity contribution < 1.29 is 9.90 Å². The Hall–Kier alpha value is -0.870. The average Bonchev–Trinajstić information content (AvgIpc) is 2.26. The highest BCUT2D eigenvalue weighted by Crippen LogP contribution is 2.27. The van der Waals surface area contributed by atoms with Crippen molar-refractivity contribution in [2.45, 2.75) is 45.6 Å². The molecule has 2 N–H and O–H groups in total. The first-order chi connectivity index (χ1) is 8.57. The summed E-state index contributed by atoms with van der Waals surface area (Å²) in [6.07, 6.45) is 0. The molecule has 1 aromatic rings. The van der Waals surface area contributed by atoms with E-state index in [1.165, 1.54) is 0 Å². The van der Waals surface area contributed by atoms with E-state index in [2.05, 4.69) is 42.0 Å². The predicted molar refractivity (Wildman–Crippen MR) is 81.5 cm³/mol. The molecule has 3 nitrogen and oxygen atoms in total. The van der Waals surface area contributed by atoms with Crippen LogP contribution in [-0.2, 0) is 5.41 Å². The third-order valence-electron chi connectivity index (χ3n) is 2.93. The van der Waals surface area contributed by atoms with Crippen molar-refractivity contribution in [3.05, 3.63) is 33.8 Å². The molecular formula is C15H22BrNO2. The number of halogens is 1. The van der Waals surface area contributed by atoms with Gasteiger partial charge < -0.3 is 10.4 Å². The summed E-state index contributed by atoms with van der Waals surface area (Å²) in [5, 5.41) is 12.0. The van der Waals surface area contributed by atoms with Crippen LogP contribution in [0.2, 0.25) is 0 Å². The normalized spacial score (nSPS) is 12.4. The van der Waals surface area contributed by atoms with Gasteiger partial charge in [-0.05, 0) is 52.9 Å². The van der Waals surface area contributed by atoms with E-state index in [9.17, 15) is 9.90 Å². The number of hydrogen-bond acceptors (Lipinski definition) is 2. The number of carbonyl (C=O) groups excluding carboxylic acids is 1. The van der Waals surface area contributed by atoms with Crippen LogP contribution in [0.5, 0.6) is 0 Å². The fraction of sp³-hybridized carbons (Fsp3) is 0.533. The molecule has 0 radical (unpaired) electrons. The van der Waals surface area contributed by atoms with Crippen molar-refractivity contribution in [3.8, 4) is 0 Å². The minimum atomic E-state index is -0.626. The monoisotopic (exact) mass is 327 g/mol. The Balaban J connectivity index is 3.01. The number of aliphatic hydroxyl groups excluding tert-OH is 1. The van der Waals surface area contributed by atoms with Crippen molar-refractivity contribution in [2.24, 2.45) is 0 Å². The van der Waals surface area contributed by atoms with E-state index in [0.29, 0.717) is 5.56 Å². The summed E-state index contributed by atoms with van der Waals surface area (Å²) in [5.41, 5.74) is 1.16. The second-order valence-electron chi connectivity index (χ2n) is 6.44. The fourth-order valence-electron chi connectivity index (χ4n) is 1.58. The SMILES string of the molecule is CC(C)(CO)NC(=O)c1ccc(C(C)(C)C)cc1Br. The molecule has 0 saturated heterocycles. The van der Waals surface area contributed by atoms with E-state index in [-0.39, 0.29) is 17.9 Å². The zero-order chi connectivity index (χ0) is 14.8. The van der Waals surface area contributed by atoms with Gasteiger partial charge in [0.05, 0.1) is 17.7 Å². The van der Waals surface area contributed by atoms with Gasteiger partial charge >= 0.3 is 0 Å². The van der Waals surface area contributed by atoms with Gasteiger partial charge in [-0.25, -0.2) is 0 Å². The Morgan fingerprint density at radius 2 is 1.84 bits per heavy atom. The Morgan fingerprint density at radius 1 is 1.26 bits per heavy atom. The molecule has 0 unspecified atom stereocenters. The van der Waals surface area contributed by atoms with E-state index >= 15 is 0 Å². The van der Waals surface area contributed by atoms with E-state index in [1.54, 1.807) is 13.8 Å². The molecular weight excluding hydrogens is 306 g/mol. The lowest BCUT2D eigenvalue weighted by atomic mass is 9.86. The summed E-state index contributed by atoms with van der Waals surface area (Å²) in [4.78, 5) is 12.1. The number of amides is 1. The van der Waals surface area contributed by atoms with Gasteiger partial charge in [0.15, 0.2) is 0 Å². The van der Waals surface area contributed by atoms with Gasteiger partial charge in [-0.2, -0.15) is 0 Å². The molecule has 0 aromatic heterocycles. The second kappa shape index (κ2) is 5.63. The average molecular weight is 328 g/mol. The van der Waals surface area contributed by atoms with Crippen LogP contribution >= 0.6 is 15.9 Å². The van der Waals surface area contributed by atoms with Crippen LogP contribution in [0.25, 0.3) is 0 Å². The molecule has 1 aromatic carbocycles. The van der Waals surface area contributed by atoms with Gasteiger partial charge in [-0.3, -0.25) is 4.79 Å². The topological polar surface area (TPSA) is 49.3 Å². The van der Waals surface area contributed by atoms with E-state index in [0.717, 1.165) is 10.0 Å². The van der Waals surface area contributed by atoms with Crippen LogP contribution in [0.4, 0.5) is 0 Å². The van der Waals surface area contributed by atoms with Crippen LogP contribution in [-0.4, -0.2) is 23.2 Å². The Kier molecular flexibility index (Phi) is 4.80. The van der Waals surface area contributed by atoms with Gasteiger partial charge in [0, 0.05) is 4.47 Å². The lowest BCUT2D eigenvalue weighted by molar-refractivity contribution is 0.0868. The largest absolute Gasteiger partial charge is 0.394 e. The van der Waals surface area contributed by atoms with Gasteiger partial charge in [0.25, 0.3) is 5.91 Å². The van der Waals surface area contributed by atoms with Crippen LogP contribution in [0.3, 0.4) is 0 Å². The molecule has 1 rings (SSSR count). The van der Waals surface area contributed by atoms with Crippen LogP contribution < -0.4 is 5.32 Å². The first-order valence-corrected chi connectivity index (χ1v) is 7.09. The van der Waals surface area contributed by atoms with Gasteiger partial charge in [0.2, 0.25) is 0 Å². The predicted octanol–water partition coefficient (Wildman–Crippen LogP) is 3.25. The molecule has 0 aliphatic rings. The second-order valence-corrected chi connectivity index (χ2v) is 7.30. The highest BCUT2D eigenvalue weighted by molar-refractivity contribution is 9.10. The fourth-order valence-corrected chi connectivity index (χ4v) is 2.14. The summed E-state index contributed by atoms with van der Waals surface area (Å²) in [6, 6.07) is 5.75. The summed E-state index contributed by atoms with van der Waals surface area (Å²) in [5.74, 6) is -0.189. The van der Waals surface area contributed by atoms with Gasteiger partial charge in [-0.15, -0.1) is 0 Å². The summed E-state index contributed by atoms with van der Waals surface area (Å²) in [7, 11) is 0. The van der Waals surface area contributed by atoms with E-state index in [1.807, 2.05) is 18.2 Å². The molecule has 0 fully saturated rings. The Bertz CT molecular complexity index is 476. The van der Waals surface area contributed by atoms with Gasteiger partial charge in [-0.1, -0.05) is 26.8 Å². The van der Waals surface area contributed by atoms with Crippen molar-refractivity contribution >= 4 is 21.8 Å². The van der Waals surface area contributed by atoms with Crippen molar-refractivity contribution in [1.29, 1.82) is 0 Å². The minimum Gasteiger partial charge on any atom is -0.394 e. The number of benzene rings is 1. The Morgan fingerprint density at radius 3 is 2.26 bits per heavy atom. The standard InChI is InChI=1S/C15H22BrNO2/c1-14(2,3)10-6-7-11(12(16)8-10)13(19)17-15(4,5)9-18/h6-8,18H,9H2,1-5H3,(H,17,19). The summed E-state index contributed by atoms with van der Waals surface area (Å²) < 4.78 is 0.770. The first kappa shape index (κ1) is 16.2. The van der Waals surface area contributed by atoms with Crippen LogP contribution in [0, 0.1) is 0 Å². The number of rotatable bonds is 3. The quantitative estimate of drug-likeness (QED) is 0.895. The van der Waals surface area contributed by atoms with E-state index in [4.69, 9.17) is 0 Å². The number of hydrogen-bond donors (Lipinski definition) is 2. The molecule has 0 aliphatic heterocycles. The maximum absolute atomic E-state index is 12.1. The number of aliphatic hydroxyl groups is 1. The summed E-state index contributed by atoms with van der Waals surface area (Å²) >= 11 is 3.45. The third-order valence-corrected chi connectivity index (χ3v) is 3.58. The first-order valence-electron chi connectivity index (χ1n) is 6.30. The lowest BCUT2D eigenvalue weighted by Crippen LogP contribution is -2.46.